The molecule has 14 heavy (non-hydrogen) atoms. The molecule has 0 saturated carbocycles. The van der Waals surface area contributed by atoms with Gasteiger partial charge in [-0.2, -0.15) is 20.3 Å². The summed E-state index contributed by atoms with van der Waals surface area (Å²) in [5.74, 6) is 0. The fraction of sp³-hybridized carbons (Fsp3) is 0.111. The zero-order chi connectivity index (χ0) is 9.54. The smallest absolute Gasteiger partial charge is 0.0995 e. The van der Waals surface area contributed by atoms with Crippen LogP contribution in [0.25, 0.3) is 0 Å². The van der Waals surface area contributed by atoms with Crippen LogP contribution >= 0.6 is 11.9 Å². The molecular weight excluding hydrogens is 196 g/mol. The fourth-order valence-corrected chi connectivity index (χ4v) is 2.44. The van der Waals surface area contributed by atoms with Crippen LogP contribution in [0.5, 0.6) is 0 Å². The Morgan fingerprint density at radius 3 is 3.36 bits per heavy atom. The van der Waals surface area contributed by atoms with Crippen molar-refractivity contribution in [2.24, 2.45) is 5.10 Å². The van der Waals surface area contributed by atoms with Gasteiger partial charge in [0.1, 0.15) is 0 Å². The van der Waals surface area contributed by atoms with Crippen molar-refractivity contribution in [3.8, 4) is 6.07 Å². The van der Waals surface area contributed by atoms with Crippen molar-refractivity contribution in [3.63, 3.8) is 0 Å². The summed E-state index contributed by atoms with van der Waals surface area (Å²) in [6, 6.07) is 6.03. The van der Waals surface area contributed by atoms with Crippen molar-refractivity contribution in [1.29, 1.82) is 5.26 Å². The quantitative estimate of drug-likeness (QED) is 0.647. The van der Waals surface area contributed by atoms with E-state index in [-0.39, 0.29) is 0 Å². The maximum Gasteiger partial charge on any atom is 0.0995 e. The van der Waals surface area contributed by atoms with Crippen LogP contribution in [0.15, 0.2) is 22.1 Å². The molecule has 68 valence electrons. The number of nitriles is 1. The molecule has 2 aliphatic rings. The van der Waals surface area contributed by atoms with Crippen LogP contribution in [0.2, 0.25) is 0 Å². The summed E-state index contributed by atoms with van der Waals surface area (Å²) in [6.45, 7) is 0. The van der Waals surface area contributed by atoms with E-state index in [1.807, 2.05) is 18.3 Å². The first-order valence-corrected chi connectivity index (χ1v) is 5.03. The summed E-state index contributed by atoms with van der Waals surface area (Å²) in [5.41, 5.74) is 2.85. The van der Waals surface area contributed by atoms with E-state index in [9.17, 15) is 0 Å². The van der Waals surface area contributed by atoms with E-state index in [1.165, 1.54) is 11.9 Å². The van der Waals surface area contributed by atoms with E-state index in [2.05, 4.69) is 16.0 Å². The first kappa shape index (κ1) is 7.85. The molecule has 0 radical (unpaired) electrons. The van der Waals surface area contributed by atoms with Crippen molar-refractivity contribution in [2.45, 2.75) is 11.3 Å². The van der Waals surface area contributed by atoms with E-state index in [4.69, 9.17) is 5.26 Å². The summed E-state index contributed by atoms with van der Waals surface area (Å²) < 4.78 is 0. The summed E-state index contributed by atoms with van der Waals surface area (Å²) in [7, 11) is 0. The van der Waals surface area contributed by atoms with Gasteiger partial charge in [-0.05, 0) is 24.1 Å². The monoisotopic (exact) mass is 202 g/mol. The first-order valence-electron chi connectivity index (χ1n) is 4.21. The maximum atomic E-state index is 8.95. The summed E-state index contributed by atoms with van der Waals surface area (Å²) >= 11 is 1.53. The standard InChI is InChI=1S/C9H6N4S/c10-5-6-1-2-8-9-7(6)3-4-11-13(9)12-14-8/h1-2,4,12H,3H2. The van der Waals surface area contributed by atoms with E-state index >= 15 is 0 Å². The number of rotatable bonds is 0. The normalized spacial score (nSPS) is 16.6. The molecule has 0 spiro atoms. The lowest BCUT2D eigenvalue weighted by Crippen LogP contribution is -2.26. The van der Waals surface area contributed by atoms with E-state index in [1.54, 1.807) is 5.12 Å². The van der Waals surface area contributed by atoms with Gasteiger partial charge in [-0.25, -0.2) is 0 Å². The number of anilines is 1. The number of nitrogens with one attached hydrogen (secondary N) is 1. The summed E-state index contributed by atoms with van der Waals surface area (Å²) in [4.78, 5) is 4.19. The van der Waals surface area contributed by atoms with Crippen molar-refractivity contribution in [1.82, 2.24) is 4.83 Å². The van der Waals surface area contributed by atoms with Gasteiger partial charge >= 0.3 is 0 Å². The minimum Gasteiger partial charge on any atom is -0.192 e. The SMILES string of the molecule is N#Cc1ccc2c3c1CC=NN3NS2. The highest BCUT2D eigenvalue weighted by atomic mass is 32.2. The molecule has 0 unspecified atom stereocenters. The van der Waals surface area contributed by atoms with Crippen molar-refractivity contribution in [2.75, 3.05) is 5.12 Å². The lowest BCUT2D eigenvalue weighted by atomic mass is 10.0. The average molecular weight is 202 g/mol. The Balaban J connectivity index is 2.31. The van der Waals surface area contributed by atoms with Crippen LogP contribution < -0.4 is 9.95 Å². The topological polar surface area (TPSA) is 51.4 Å². The third-order valence-electron chi connectivity index (χ3n) is 2.31. The number of hydrazine groups is 1. The highest BCUT2D eigenvalue weighted by Crippen LogP contribution is 2.40. The van der Waals surface area contributed by atoms with Gasteiger partial charge in [-0.1, -0.05) is 0 Å². The number of nitrogens with zero attached hydrogens (tertiary/aromatic N) is 3. The third kappa shape index (κ3) is 0.895. The van der Waals surface area contributed by atoms with Crippen molar-refractivity contribution < 1.29 is 0 Å². The van der Waals surface area contributed by atoms with Crippen molar-refractivity contribution in [3.05, 3.63) is 23.3 Å². The Labute approximate surface area is 85.3 Å². The predicted molar refractivity (Wildman–Crippen MR) is 54.8 cm³/mol. The summed E-state index contributed by atoms with van der Waals surface area (Å²) in [5, 5.41) is 14.9. The van der Waals surface area contributed by atoms with Crippen LogP contribution in [0.4, 0.5) is 5.69 Å². The second kappa shape index (κ2) is 2.74. The predicted octanol–water partition coefficient (Wildman–Crippen LogP) is 1.43. The lowest BCUT2D eigenvalue weighted by molar-refractivity contribution is 0.850. The van der Waals surface area contributed by atoms with Crippen LogP contribution in [0, 0.1) is 11.3 Å². The van der Waals surface area contributed by atoms with E-state index < -0.39 is 0 Å². The molecule has 0 saturated heterocycles. The Hall–Kier alpha value is -1.51. The second-order valence-electron chi connectivity index (χ2n) is 3.06. The van der Waals surface area contributed by atoms with Crippen LogP contribution in [0.1, 0.15) is 11.1 Å². The molecule has 5 heteroatoms. The van der Waals surface area contributed by atoms with Gasteiger partial charge in [0.25, 0.3) is 0 Å². The Morgan fingerprint density at radius 1 is 1.57 bits per heavy atom. The lowest BCUT2D eigenvalue weighted by Gasteiger charge is -2.18. The zero-order valence-electron chi connectivity index (χ0n) is 7.19. The molecule has 0 aromatic heterocycles. The molecule has 1 aromatic carbocycles. The molecule has 0 atom stereocenters. The number of hydrogen-bond acceptors (Lipinski definition) is 5. The minimum atomic E-state index is 0.740. The van der Waals surface area contributed by atoms with Crippen LogP contribution in [0.3, 0.4) is 0 Å². The van der Waals surface area contributed by atoms with Crippen LogP contribution in [-0.4, -0.2) is 6.21 Å². The number of hydrogen-bond donors (Lipinski definition) is 1. The maximum absolute atomic E-state index is 8.95. The molecule has 0 aliphatic carbocycles. The Morgan fingerprint density at radius 2 is 2.50 bits per heavy atom. The van der Waals surface area contributed by atoms with E-state index in [0.717, 1.165) is 28.1 Å². The Kier molecular flexibility index (Phi) is 1.54. The van der Waals surface area contributed by atoms with Gasteiger partial charge in [0, 0.05) is 18.2 Å². The van der Waals surface area contributed by atoms with Gasteiger partial charge < -0.3 is 0 Å². The molecular formula is C9H6N4S. The van der Waals surface area contributed by atoms with Gasteiger partial charge in [0.05, 0.1) is 22.2 Å². The van der Waals surface area contributed by atoms with Crippen molar-refractivity contribution >= 4 is 23.8 Å². The molecule has 2 aliphatic heterocycles. The largest absolute Gasteiger partial charge is 0.192 e. The zero-order valence-corrected chi connectivity index (χ0v) is 8.01. The van der Waals surface area contributed by atoms with Gasteiger partial charge in [-0.15, -0.1) is 0 Å². The molecule has 3 rings (SSSR count). The van der Waals surface area contributed by atoms with E-state index in [0.29, 0.717) is 0 Å². The highest BCUT2D eigenvalue weighted by molar-refractivity contribution is 7.98. The first-order chi connectivity index (χ1) is 6.90. The summed E-state index contributed by atoms with van der Waals surface area (Å²) in [6.07, 6.45) is 2.55. The highest BCUT2D eigenvalue weighted by Gasteiger charge is 2.26. The second-order valence-corrected chi connectivity index (χ2v) is 3.88. The van der Waals surface area contributed by atoms with Gasteiger partial charge in [0.2, 0.25) is 0 Å². The molecule has 2 heterocycles. The van der Waals surface area contributed by atoms with Gasteiger partial charge in [0.15, 0.2) is 0 Å². The molecule has 1 N–H and O–H groups in total. The van der Waals surface area contributed by atoms with Crippen LogP contribution in [-0.2, 0) is 6.42 Å². The minimum absolute atomic E-state index is 0.740. The molecule has 1 aromatic rings. The Bertz CT molecular complexity index is 474. The van der Waals surface area contributed by atoms with Gasteiger partial charge in [-0.3, -0.25) is 0 Å². The fourth-order valence-electron chi connectivity index (χ4n) is 1.67. The average Bonchev–Trinajstić information content (AvgIpc) is 2.65. The molecule has 4 nitrogen and oxygen atoms in total. The molecule has 0 bridgehead atoms. The number of hydrazone groups is 1. The third-order valence-corrected chi connectivity index (χ3v) is 3.13. The molecule has 0 amide bonds. The molecule has 0 fully saturated rings. The number of benzene rings is 1.